The van der Waals surface area contributed by atoms with Crippen LogP contribution in [0.15, 0.2) is 75.9 Å². The zero-order valence-electron chi connectivity index (χ0n) is 19.7. The number of hydrogen-bond acceptors (Lipinski definition) is 4. The second-order valence-electron chi connectivity index (χ2n) is 8.68. The maximum atomic E-state index is 13.1. The molecule has 0 aliphatic rings. The number of ether oxygens (including phenoxy) is 1. The minimum absolute atomic E-state index is 0.147. The molecule has 5 rings (SSSR count). The number of carbonyl (C=O) groups is 1. The highest BCUT2D eigenvalue weighted by molar-refractivity contribution is 6.32. The summed E-state index contributed by atoms with van der Waals surface area (Å²) in [5.74, 6) is 0.148. The molecular weight excluding hydrogens is 462 g/mol. The molecular formula is C29H24ClNO4. The quantitative estimate of drug-likeness (QED) is 0.206. The number of benzene rings is 3. The fraction of sp³-hybridized carbons (Fsp3) is 0.172. The molecule has 0 aliphatic heterocycles. The Balaban J connectivity index is 1.44. The smallest absolute Gasteiger partial charge is 0.340 e. The number of Topliss-reactive ketones (excluding diaryl/α,β-unsaturated/α-hetero) is 1. The Morgan fingerprint density at radius 3 is 2.49 bits per heavy atom. The standard InChI is InChI=1S/C29H24ClNO4/c1-17-21-14-23(30)27(15-26(21)35-29(33)22(17)13-19-9-5-4-6-10-19)34-16-25(32)28-18(2)31(3)24-12-8-7-11-20(24)28/h4-12,14-15H,13,16H2,1-3H3. The number of aryl methyl sites for hydroxylation is 2. The van der Waals surface area contributed by atoms with Crippen molar-refractivity contribution in [3.63, 3.8) is 0 Å². The Hall–Kier alpha value is -3.83. The van der Waals surface area contributed by atoms with Crippen LogP contribution in [-0.4, -0.2) is 17.0 Å². The van der Waals surface area contributed by atoms with Gasteiger partial charge in [0, 0.05) is 52.6 Å². The normalized spacial score (nSPS) is 11.3. The summed E-state index contributed by atoms with van der Waals surface area (Å²) in [6.45, 7) is 3.62. The maximum Gasteiger partial charge on any atom is 0.340 e. The number of nitrogens with zero attached hydrogens (tertiary/aromatic N) is 1. The molecule has 2 heterocycles. The van der Waals surface area contributed by atoms with Crippen molar-refractivity contribution in [3.8, 4) is 5.75 Å². The first-order valence-corrected chi connectivity index (χ1v) is 11.7. The van der Waals surface area contributed by atoms with Gasteiger partial charge in [0.05, 0.1) is 5.02 Å². The van der Waals surface area contributed by atoms with Crippen molar-refractivity contribution in [2.75, 3.05) is 6.61 Å². The fourth-order valence-corrected chi connectivity index (χ4v) is 4.81. The summed E-state index contributed by atoms with van der Waals surface area (Å²) in [6, 6.07) is 20.9. The average molecular weight is 486 g/mol. The molecule has 0 fully saturated rings. The van der Waals surface area contributed by atoms with Crippen LogP contribution in [0.25, 0.3) is 21.9 Å². The summed E-state index contributed by atoms with van der Waals surface area (Å²) in [4.78, 5) is 25.9. The number of ketones is 1. The Bertz CT molecular complexity index is 1650. The van der Waals surface area contributed by atoms with Crippen LogP contribution in [-0.2, 0) is 13.5 Å². The molecule has 5 aromatic rings. The third-order valence-electron chi connectivity index (χ3n) is 6.60. The molecule has 35 heavy (non-hydrogen) atoms. The number of hydrogen-bond donors (Lipinski definition) is 0. The maximum absolute atomic E-state index is 13.1. The van der Waals surface area contributed by atoms with Gasteiger partial charge in [-0.3, -0.25) is 4.79 Å². The zero-order chi connectivity index (χ0) is 24.7. The van der Waals surface area contributed by atoms with Crippen molar-refractivity contribution in [2.45, 2.75) is 20.3 Å². The van der Waals surface area contributed by atoms with E-state index in [1.807, 2.05) is 80.1 Å². The van der Waals surface area contributed by atoms with Gasteiger partial charge in [0.25, 0.3) is 0 Å². The lowest BCUT2D eigenvalue weighted by Gasteiger charge is -2.12. The Morgan fingerprint density at radius 1 is 1.00 bits per heavy atom. The van der Waals surface area contributed by atoms with E-state index in [0.717, 1.165) is 33.1 Å². The van der Waals surface area contributed by atoms with Crippen molar-refractivity contribution in [1.82, 2.24) is 4.57 Å². The minimum Gasteiger partial charge on any atom is -0.484 e. The third-order valence-corrected chi connectivity index (χ3v) is 6.90. The molecule has 0 atom stereocenters. The molecule has 0 radical (unpaired) electrons. The monoisotopic (exact) mass is 485 g/mol. The molecule has 6 heteroatoms. The lowest BCUT2D eigenvalue weighted by molar-refractivity contribution is 0.0922. The highest BCUT2D eigenvalue weighted by Gasteiger charge is 2.20. The van der Waals surface area contributed by atoms with E-state index in [0.29, 0.717) is 33.9 Å². The molecule has 5 nitrogen and oxygen atoms in total. The van der Waals surface area contributed by atoms with Crippen molar-refractivity contribution in [1.29, 1.82) is 0 Å². The highest BCUT2D eigenvalue weighted by atomic mass is 35.5. The van der Waals surface area contributed by atoms with E-state index in [4.69, 9.17) is 20.8 Å². The zero-order valence-corrected chi connectivity index (χ0v) is 20.5. The van der Waals surface area contributed by atoms with Crippen LogP contribution in [0.4, 0.5) is 0 Å². The highest BCUT2D eigenvalue weighted by Crippen LogP contribution is 2.33. The molecule has 3 aromatic carbocycles. The second-order valence-corrected chi connectivity index (χ2v) is 9.09. The van der Waals surface area contributed by atoms with E-state index in [9.17, 15) is 9.59 Å². The van der Waals surface area contributed by atoms with E-state index >= 15 is 0 Å². The second kappa shape index (κ2) is 9.08. The van der Waals surface area contributed by atoms with Gasteiger partial charge in [-0.25, -0.2) is 4.79 Å². The number of rotatable bonds is 6. The first kappa shape index (κ1) is 22.9. The van der Waals surface area contributed by atoms with Gasteiger partial charge in [-0.1, -0.05) is 60.1 Å². The van der Waals surface area contributed by atoms with Gasteiger partial charge in [0.15, 0.2) is 6.61 Å². The summed E-state index contributed by atoms with van der Waals surface area (Å²) in [7, 11) is 1.94. The van der Waals surface area contributed by atoms with Crippen molar-refractivity contribution in [2.24, 2.45) is 7.05 Å². The summed E-state index contributed by atoms with van der Waals surface area (Å²) >= 11 is 6.53. The SMILES string of the molecule is Cc1c(Cc2ccccc2)c(=O)oc2cc(OCC(=O)c3c(C)n(C)c4ccccc34)c(Cl)cc12. The first-order valence-electron chi connectivity index (χ1n) is 11.3. The van der Waals surface area contributed by atoms with Gasteiger partial charge < -0.3 is 13.7 Å². The van der Waals surface area contributed by atoms with Crippen LogP contribution in [0, 0.1) is 13.8 Å². The average Bonchev–Trinajstić information content (AvgIpc) is 3.11. The van der Waals surface area contributed by atoms with Gasteiger partial charge in [-0.15, -0.1) is 0 Å². The van der Waals surface area contributed by atoms with Gasteiger partial charge in [0.1, 0.15) is 11.3 Å². The number of aromatic nitrogens is 1. The third kappa shape index (κ3) is 4.13. The van der Waals surface area contributed by atoms with Crippen LogP contribution < -0.4 is 10.4 Å². The molecule has 176 valence electrons. The Labute approximate surface area is 207 Å². The lowest BCUT2D eigenvalue weighted by Crippen LogP contribution is -2.13. The molecule has 0 amide bonds. The summed E-state index contributed by atoms with van der Waals surface area (Å²) in [6.07, 6.45) is 0.472. The van der Waals surface area contributed by atoms with Crippen LogP contribution in [0.5, 0.6) is 5.75 Å². The molecule has 0 bridgehead atoms. The molecule has 0 spiro atoms. The topological polar surface area (TPSA) is 61.4 Å². The molecule has 0 saturated heterocycles. The summed E-state index contributed by atoms with van der Waals surface area (Å²) in [5, 5.41) is 1.98. The van der Waals surface area contributed by atoms with Crippen LogP contribution in [0.2, 0.25) is 5.02 Å². The van der Waals surface area contributed by atoms with Gasteiger partial charge >= 0.3 is 5.63 Å². The van der Waals surface area contributed by atoms with Crippen molar-refractivity contribution < 1.29 is 13.9 Å². The summed E-state index contributed by atoms with van der Waals surface area (Å²) < 4.78 is 13.5. The van der Waals surface area contributed by atoms with Crippen molar-refractivity contribution in [3.05, 3.63) is 110 Å². The largest absolute Gasteiger partial charge is 0.484 e. The van der Waals surface area contributed by atoms with Gasteiger partial charge in [0.2, 0.25) is 5.78 Å². The molecule has 0 N–H and O–H groups in total. The van der Waals surface area contributed by atoms with Crippen LogP contribution in [0.1, 0.15) is 32.7 Å². The Morgan fingerprint density at radius 2 is 1.71 bits per heavy atom. The minimum atomic E-state index is -0.394. The molecule has 0 saturated carbocycles. The van der Waals surface area contributed by atoms with Gasteiger partial charge in [-0.05, 0) is 37.1 Å². The molecule has 2 aromatic heterocycles. The number of halogens is 1. The summed E-state index contributed by atoms with van der Waals surface area (Å²) in [5.41, 5.74) is 4.90. The molecule has 0 unspecified atom stereocenters. The molecule has 0 aliphatic carbocycles. The van der Waals surface area contributed by atoms with E-state index in [2.05, 4.69) is 0 Å². The van der Waals surface area contributed by atoms with E-state index in [1.165, 1.54) is 0 Å². The first-order chi connectivity index (χ1) is 16.8. The van der Waals surface area contributed by atoms with Gasteiger partial charge in [-0.2, -0.15) is 0 Å². The van der Waals surface area contributed by atoms with E-state index < -0.39 is 5.63 Å². The fourth-order valence-electron chi connectivity index (χ4n) is 4.59. The number of para-hydroxylation sites is 1. The van der Waals surface area contributed by atoms with E-state index in [-0.39, 0.29) is 12.4 Å². The van der Waals surface area contributed by atoms with E-state index in [1.54, 1.807) is 12.1 Å². The predicted octanol–water partition coefficient (Wildman–Crippen LogP) is 6.41. The van der Waals surface area contributed by atoms with Crippen molar-refractivity contribution >= 4 is 39.3 Å². The number of carbonyl (C=O) groups excluding carboxylic acids is 1. The number of fused-ring (bicyclic) bond motifs is 2. The predicted molar refractivity (Wildman–Crippen MR) is 139 cm³/mol. The lowest BCUT2D eigenvalue weighted by atomic mass is 9.99. The van der Waals surface area contributed by atoms with Crippen LogP contribution in [0.3, 0.4) is 0 Å². The Kier molecular flexibility index (Phi) is 5.95. The van der Waals surface area contributed by atoms with Crippen LogP contribution >= 0.6 is 11.6 Å².